The molecule has 1 atom stereocenters. The van der Waals surface area contributed by atoms with Crippen LogP contribution >= 0.6 is 0 Å². The number of carbonyl (C=O) groups excluding carboxylic acids is 3. The van der Waals surface area contributed by atoms with Crippen LogP contribution in [0, 0.1) is 12.8 Å². The van der Waals surface area contributed by atoms with Crippen LogP contribution in [-0.2, 0) is 16.1 Å². The molecule has 31 heavy (non-hydrogen) atoms. The molecule has 1 fully saturated rings. The summed E-state index contributed by atoms with van der Waals surface area (Å²) in [5.41, 5.74) is 8.04. The molecule has 0 spiro atoms. The molecule has 2 N–H and O–H groups in total. The standard InChI is InChI=1S/C21H21N7O3/c1-14-2-4-15(5-3-14)11-27-12-17(10-19(27)29)21(31)24-23-20(30)16-6-8-18(9-7-16)28-13-22-25-26-28/h2-9,13,17H,10-12H2,1H3,(H,23,30)(H,24,31). The molecule has 10 heteroatoms. The highest BCUT2D eigenvalue weighted by molar-refractivity contribution is 5.96. The molecule has 10 nitrogen and oxygen atoms in total. The van der Waals surface area contributed by atoms with Gasteiger partial charge in [-0.15, -0.1) is 5.10 Å². The predicted molar refractivity (Wildman–Crippen MR) is 109 cm³/mol. The fraction of sp³-hybridized carbons (Fsp3) is 0.238. The lowest BCUT2D eigenvalue weighted by atomic mass is 10.1. The Labute approximate surface area is 178 Å². The third-order valence-corrected chi connectivity index (χ3v) is 5.12. The third kappa shape index (κ3) is 4.74. The van der Waals surface area contributed by atoms with E-state index in [0.717, 1.165) is 11.1 Å². The highest BCUT2D eigenvalue weighted by Crippen LogP contribution is 2.20. The average Bonchev–Trinajstić information content (AvgIpc) is 3.44. The number of aromatic nitrogens is 4. The molecule has 0 radical (unpaired) electrons. The Morgan fingerprint density at radius 2 is 1.81 bits per heavy atom. The molecule has 3 amide bonds. The number of nitrogens with zero attached hydrogens (tertiary/aromatic N) is 5. The summed E-state index contributed by atoms with van der Waals surface area (Å²) in [6.07, 6.45) is 1.56. The van der Waals surface area contributed by atoms with Crippen molar-refractivity contribution in [1.29, 1.82) is 0 Å². The normalized spacial score (nSPS) is 15.7. The molecule has 2 heterocycles. The van der Waals surface area contributed by atoms with Gasteiger partial charge >= 0.3 is 0 Å². The molecule has 2 aromatic carbocycles. The zero-order chi connectivity index (χ0) is 21.8. The molecule has 1 saturated heterocycles. The molecular weight excluding hydrogens is 398 g/mol. The number of likely N-dealkylation sites (tertiary alicyclic amines) is 1. The van der Waals surface area contributed by atoms with Gasteiger partial charge in [0.1, 0.15) is 6.33 Å². The highest BCUT2D eigenvalue weighted by atomic mass is 16.2. The zero-order valence-corrected chi connectivity index (χ0v) is 16.9. The number of rotatable bonds is 5. The van der Waals surface area contributed by atoms with E-state index in [4.69, 9.17) is 0 Å². The molecule has 0 saturated carbocycles. The first kappa shape index (κ1) is 20.2. The van der Waals surface area contributed by atoms with Gasteiger partial charge in [-0.3, -0.25) is 25.2 Å². The molecule has 158 valence electrons. The predicted octanol–water partition coefficient (Wildman–Crippen LogP) is 0.780. The summed E-state index contributed by atoms with van der Waals surface area (Å²) in [7, 11) is 0. The van der Waals surface area contributed by atoms with Crippen LogP contribution < -0.4 is 10.9 Å². The maximum absolute atomic E-state index is 12.4. The van der Waals surface area contributed by atoms with Crippen LogP contribution in [0.5, 0.6) is 0 Å². The van der Waals surface area contributed by atoms with Crippen molar-refractivity contribution in [2.75, 3.05) is 6.54 Å². The van der Waals surface area contributed by atoms with E-state index >= 15 is 0 Å². The van der Waals surface area contributed by atoms with Crippen LogP contribution in [0.4, 0.5) is 0 Å². The number of carbonyl (C=O) groups is 3. The van der Waals surface area contributed by atoms with E-state index in [9.17, 15) is 14.4 Å². The number of benzene rings is 2. The lowest BCUT2D eigenvalue weighted by Gasteiger charge is -2.17. The summed E-state index contributed by atoms with van der Waals surface area (Å²) >= 11 is 0. The number of hydrazine groups is 1. The smallest absolute Gasteiger partial charge is 0.269 e. The Balaban J connectivity index is 1.29. The van der Waals surface area contributed by atoms with Gasteiger partial charge in [-0.25, -0.2) is 4.68 Å². The number of tetrazole rings is 1. The minimum absolute atomic E-state index is 0.0785. The van der Waals surface area contributed by atoms with Crippen LogP contribution in [0.1, 0.15) is 27.9 Å². The number of hydrogen-bond donors (Lipinski definition) is 2. The van der Waals surface area contributed by atoms with E-state index in [-0.39, 0.29) is 12.3 Å². The van der Waals surface area contributed by atoms with Gasteiger partial charge in [-0.05, 0) is 47.2 Å². The first-order valence-corrected chi connectivity index (χ1v) is 9.76. The van der Waals surface area contributed by atoms with Gasteiger partial charge < -0.3 is 4.90 Å². The summed E-state index contributed by atoms with van der Waals surface area (Å²) in [6, 6.07) is 14.5. The Bertz CT molecular complexity index is 1080. The Kier molecular flexibility index (Phi) is 5.69. The Morgan fingerprint density at radius 1 is 1.06 bits per heavy atom. The molecule has 3 aromatic rings. The molecule has 4 rings (SSSR count). The molecule has 1 unspecified atom stereocenters. The van der Waals surface area contributed by atoms with Crippen molar-refractivity contribution >= 4 is 17.7 Å². The minimum atomic E-state index is -0.513. The van der Waals surface area contributed by atoms with Crippen molar-refractivity contribution in [2.45, 2.75) is 19.9 Å². The first-order valence-electron chi connectivity index (χ1n) is 9.76. The van der Waals surface area contributed by atoms with Crippen molar-refractivity contribution < 1.29 is 14.4 Å². The summed E-state index contributed by atoms with van der Waals surface area (Å²) in [6.45, 7) is 2.78. The number of hydrogen-bond acceptors (Lipinski definition) is 6. The third-order valence-electron chi connectivity index (χ3n) is 5.12. The summed E-state index contributed by atoms with van der Waals surface area (Å²) < 4.78 is 1.46. The van der Waals surface area contributed by atoms with Gasteiger partial charge in [0.05, 0.1) is 11.6 Å². The Hall–Kier alpha value is -4.08. The van der Waals surface area contributed by atoms with E-state index in [2.05, 4.69) is 26.4 Å². The molecule has 1 aromatic heterocycles. The monoisotopic (exact) mass is 419 g/mol. The van der Waals surface area contributed by atoms with Gasteiger partial charge in [0.15, 0.2) is 0 Å². The zero-order valence-electron chi connectivity index (χ0n) is 16.9. The lowest BCUT2D eigenvalue weighted by molar-refractivity contribution is -0.129. The Morgan fingerprint density at radius 3 is 2.48 bits per heavy atom. The van der Waals surface area contributed by atoms with Gasteiger partial charge in [0.25, 0.3) is 5.91 Å². The molecule has 1 aliphatic rings. The van der Waals surface area contributed by atoms with Gasteiger partial charge in [-0.2, -0.15) is 0 Å². The van der Waals surface area contributed by atoms with Crippen LogP contribution in [-0.4, -0.2) is 49.4 Å². The summed E-state index contributed by atoms with van der Waals surface area (Å²) in [5.74, 6) is -1.44. The maximum Gasteiger partial charge on any atom is 0.269 e. The molecular formula is C21H21N7O3. The SMILES string of the molecule is Cc1ccc(CN2CC(C(=O)NNC(=O)c3ccc(-n4cnnn4)cc3)CC2=O)cc1. The highest BCUT2D eigenvalue weighted by Gasteiger charge is 2.34. The molecule has 0 bridgehead atoms. The fourth-order valence-electron chi connectivity index (χ4n) is 3.35. The van der Waals surface area contributed by atoms with Crippen LogP contribution in [0.2, 0.25) is 0 Å². The van der Waals surface area contributed by atoms with Crippen molar-refractivity contribution in [3.05, 3.63) is 71.5 Å². The summed E-state index contributed by atoms with van der Waals surface area (Å²) in [5, 5.41) is 10.9. The second-order valence-corrected chi connectivity index (χ2v) is 7.41. The van der Waals surface area contributed by atoms with Crippen LogP contribution in [0.25, 0.3) is 5.69 Å². The lowest BCUT2D eigenvalue weighted by Crippen LogP contribution is -2.45. The fourth-order valence-corrected chi connectivity index (χ4v) is 3.35. The minimum Gasteiger partial charge on any atom is -0.338 e. The number of amides is 3. The second-order valence-electron chi connectivity index (χ2n) is 7.41. The van der Waals surface area contributed by atoms with Crippen molar-refractivity contribution in [1.82, 2.24) is 36.0 Å². The van der Waals surface area contributed by atoms with Crippen LogP contribution in [0.15, 0.2) is 54.9 Å². The van der Waals surface area contributed by atoms with Gasteiger partial charge in [0.2, 0.25) is 11.8 Å². The van der Waals surface area contributed by atoms with Crippen molar-refractivity contribution in [2.24, 2.45) is 5.92 Å². The summed E-state index contributed by atoms with van der Waals surface area (Å²) in [4.78, 5) is 38.7. The maximum atomic E-state index is 12.4. The topological polar surface area (TPSA) is 122 Å². The van der Waals surface area contributed by atoms with Crippen LogP contribution in [0.3, 0.4) is 0 Å². The molecule has 1 aliphatic heterocycles. The average molecular weight is 419 g/mol. The number of aryl methyl sites for hydroxylation is 1. The quantitative estimate of drug-likeness (QED) is 0.590. The molecule has 0 aliphatic carbocycles. The van der Waals surface area contributed by atoms with E-state index < -0.39 is 17.7 Å². The number of nitrogens with one attached hydrogen (secondary N) is 2. The van der Waals surface area contributed by atoms with E-state index in [0.29, 0.717) is 24.3 Å². The van der Waals surface area contributed by atoms with Crippen molar-refractivity contribution in [3.8, 4) is 5.69 Å². The first-order chi connectivity index (χ1) is 15.0. The van der Waals surface area contributed by atoms with Crippen molar-refractivity contribution in [3.63, 3.8) is 0 Å². The second kappa shape index (κ2) is 8.74. The van der Waals surface area contributed by atoms with Gasteiger partial charge in [-0.1, -0.05) is 29.8 Å². The van der Waals surface area contributed by atoms with E-state index in [1.807, 2.05) is 31.2 Å². The van der Waals surface area contributed by atoms with E-state index in [1.165, 1.54) is 11.0 Å². The van der Waals surface area contributed by atoms with E-state index in [1.54, 1.807) is 29.2 Å². The van der Waals surface area contributed by atoms with Gasteiger partial charge in [0, 0.05) is 25.1 Å². The largest absolute Gasteiger partial charge is 0.338 e.